The van der Waals surface area contributed by atoms with Gasteiger partial charge in [0.05, 0.1) is 17.2 Å². The van der Waals surface area contributed by atoms with Crippen molar-refractivity contribution in [3.8, 4) is 17.1 Å². The quantitative estimate of drug-likeness (QED) is 0.337. The van der Waals surface area contributed by atoms with Crippen LogP contribution in [-0.4, -0.2) is 37.2 Å². The average Bonchev–Trinajstić information content (AvgIpc) is 3.40. The fraction of sp³-hybridized carbons (Fsp3) is 0.0870. The zero-order valence-corrected chi connectivity index (χ0v) is 18.2. The zero-order chi connectivity index (χ0) is 22.1. The lowest BCUT2D eigenvalue weighted by Crippen LogP contribution is -2.06. The van der Waals surface area contributed by atoms with E-state index in [1.165, 1.54) is 11.8 Å². The fourth-order valence-corrected chi connectivity index (χ4v) is 4.64. The van der Waals surface area contributed by atoms with Gasteiger partial charge in [0, 0.05) is 34.9 Å². The van der Waals surface area contributed by atoms with E-state index >= 15 is 0 Å². The summed E-state index contributed by atoms with van der Waals surface area (Å²) in [5, 5.41) is 12.4. The van der Waals surface area contributed by atoms with Crippen molar-refractivity contribution >= 4 is 40.7 Å². The second-order valence-electron chi connectivity index (χ2n) is 7.14. The largest absolute Gasteiger partial charge is 0.325 e. The first-order chi connectivity index (χ1) is 15.6. The van der Waals surface area contributed by atoms with Gasteiger partial charge < -0.3 is 5.32 Å². The maximum absolute atomic E-state index is 13.0. The van der Waals surface area contributed by atoms with Crippen LogP contribution in [-0.2, 0) is 11.2 Å². The minimum absolute atomic E-state index is 0.102. The van der Waals surface area contributed by atoms with Gasteiger partial charge in [-0.2, -0.15) is 0 Å². The second-order valence-corrected chi connectivity index (χ2v) is 8.49. The molecule has 5 rings (SSSR count). The van der Waals surface area contributed by atoms with E-state index in [-0.39, 0.29) is 23.9 Å². The number of Topliss-reactive ketones (excluding diaryl/α,β-unsaturated/α-hetero) is 1. The molecule has 1 amide bonds. The molecule has 1 N–H and O–H groups in total. The summed E-state index contributed by atoms with van der Waals surface area (Å²) >= 11 is 7.61. The van der Waals surface area contributed by atoms with E-state index in [1.54, 1.807) is 24.5 Å². The first-order valence-corrected chi connectivity index (χ1v) is 11.2. The molecule has 0 unspecified atom stereocenters. The highest BCUT2D eigenvalue weighted by molar-refractivity contribution is 7.99. The van der Waals surface area contributed by atoms with Crippen LogP contribution in [0, 0.1) is 0 Å². The van der Waals surface area contributed by atoms with E-state index < -0.39 is 0 Å². The molecule has 0 aliphatic carbocycles. The first-order valence-electron chi connectivity index (χ1n) is 9.79. The number of pyridine rings is 1. The predicted molar refractivity (Wildman–Crippen MR) is 123 cm³/mol. The lowest BCUT2D eigenvalue weighted by Gasteiger charge is -2.10. The third-order valence-corrected chi connectivity index (χ3v) is 6.28. The number of anilines is 1. The number of hydrogen-bond donors (Lipinski definition) is 1. The van der Waals surface area contributed by atoms with Crippen LogP contribution < -0.4 is 5.32 Å². The molecule has 0 fully saturated rings. The summed E-state index contributed by atoms with van der Waals surface area (Å²) < 4.78 is 1.92. The Kier molecular flexibility index (Phi) is 5.46. The zero-order valence-electron chi connectivity index (χ0n) is 16.7. The number of aromatic nitrogens is 4. The Morgan fingerprint density at radius 1 is 1.09 bits per heavy atom. The number of ketones is 1. The number of fused-ring (bicyclic) bond motifs is 1. The highest BCUT2D eigenvalue weighted by atomic mass is 35.5. The van der Waals surface area contributed by atoms with E-state index in [2.05, 4.69) is 20.5 Å². The molecule has 2 aromatic carbocycles. The number of nitrogens with one attached hydrogen (secondary N) is 1. The van der Waals surface area contributed by atoms with Crippen LogP contribution in [0.4, 0.5) is 5.69 Å². The first kappa shape index (κ1) is 20.4. The van der Waals surface area contributed by atoms with Gasteiger partial charge in [0.2, 0.25) is 5.91 Å². The topological polar surface area (TPSA) is 89.8 Å². The number of thioether (sulfide) groups is 1. The van der Waals surface area contributed by atoms with Gasteiger partial charge in [0.25, 0.3) is 0 Å². The minimum Gasteiger partial charge on any atom is -0.325 e. The van der Waals surface area contributed by atoms with E-state index in [9.17, 15) is 9.59 Å². The van der Waals surface area contributed by atoms with Gasteiger partial charge in [-0.25, -0.2) is 0 Å². The number of amides is 1. The summed E-state index contributed by atoms with van der Waals surface area (Å²) in [4.78, 5) is 28.7. The van der Waals surface area contributed by atoms with Gasteiger partial charge in [-0.3, -0.25) is 19.1 Å². The van der Waals surface area contributed by atoms with E-state index in [0.717, 1.165) is 16.8 Å². The van der Waals surface area contributed by atoms with Gasteiger partial charge in [0.15, 0.2) is 16.8 Å². The Hall–Kier alpha value is -3.49. The minimum atomic E-state index is -0.143. The summed E-state index contributed by atoms with van der Waals surface area (Å²) in [6.07, 6.45) is 3.65. The molecule has 0 spiro atoms. The van der Waals surface area contributed by atoms with Crippen LogP contribution in [0.15, 0.2) is 72.1 Å². The van der Waals surface area contributed by atoms with Crippen molar-refractivity contribution < 1.29 is 9.59 Å². The Morgan fingerprint density at radius 3 is 2.66 bits per heavy atom. The number of hydrogen-bond acceptors (Lipinski definition) is 6. The molecule has 1 aliphatic rings. The maximum atomic E-state index is 13.0. The van der Waals surface area contributed by atoms with Gasteiger partial charge in [-0.15, -0.1) is 10.2 Å². The Bertz CT molecular complexity index is 1330. The molecule has 7 nitrogen and oxygen atoms in total. The Morgan fingerprint density at radius 2 is 1.88 bits per heavy atom. The molecular formula is C23H16ClN5O2S. The summed E-state index contributed by atoms with van der Waals surface area (Å²) in [6, 6.07) is 16.8. The van der Waals surface area contributed by atoms with Gasteiger partial charge in [0.1, 0.15) is 0 Å². The number of halogens is 1. The Balaban J connectivity index is 1.44. The van der Waals surface area contributed by atoms with E-state index in [0.29, 0.717) is 27.3 Å². The number of benzene rings is 2. The fourth-order valence-electron chi connectivity index (χ4n) is 3.53. The molecule has 0 bridgehead atoms. The number of carbonyl (C=O) groups is 2. The molecule has 1 aliphatic heterocycles. The monoisotopic (exact) mass is 461 g/mol. The van der Waals surface area contributed by atoms with Crippen molar-refractivity contribution in [3.05, 3.63) is 83.1 Å². The highest BCUT2D eigenvalue weighted by Gasteiger charge is 2.23. The third-order valence-electron chi connectivity index (χ3n) is 5.04. The van der Waals surface area contributed by atoms with Crippen molar-refractivity contribution in [2.45, 2.75) is 11.6 Å². The maximum Gasteiger partial charge on any atom is 0.228 e. The average molecular weight is 462 g/mol. The van der Waals surface area contributed by atoms with Crippen molar-refractivity contribution in [2.24, 2.45) is 0 Å². The molecule has 0 saturated heterocycles. The standard InChI is InChI=1S/C23H16ClN5O2S/c24-18-12-19-15(11-21(31)26-19)10-17(18)20(30)13-32-23-28-27-22(14-6-8-25-9-7-14)29(23)16-4-2-1-3-5-16/h1-10,12H,11,13H2,(H,26,31). The van der Waals surface area contributed by atoms with E-state index in [1.807, 2.05) is 47.0 Å². The Labute approximate surface area is 192 Å². The van der Waals surface area contributed by atoms with Crippen molar-refractivity contribution in [3.63, 3.8) is 0 Å². The summed E-state index contributed by atoms with van der Waals surface area (Å²) in [6.45, 7) is 0. The van der Waals surface area contributed by atoms with Gasteiger partial charge in [-0.1, -0.05) is 41.6 Å². The van der Waals surface area contributed by atoms with Crippen LogP contribution in [0.3, 0.4) is 0 Å². The van der Waals surface area contributed by atoms with Crippen molar-refractivity contribution in [1.29, 1.82) is 0 Å². The molecule has 9 heteroatoms. The van der Waals surface area contributed by atoms with Crippen LogP contribution in [0.5, 0.6) is 0 Å². The second kappa shape index (κ2) is 8.57. The lowest BCUT2D eigenvalue weighted by molar-refractivity contribution is -0.115. The third kappa shape index (κ3) is 3.90. The molecule has 32 heavy (non-hydrogen) atoms. The molecular weight excluding hydrogens is 446 g/mol. The predicted octanol–water partition coefficient (Wildman–Crippen LogP) is 4.45. The van der Waals surface area contributed by atoms with Crippen LogP contribution in [0.2, 0.25) is 5.02 Å². The lowest BCUT2D eigenvalue weighted by atomic mass is 10.1. The number of carbonyl (C=O) groups excluding carboxylic acids is 2. The van der Waals surface area contributed by atoms with Crippen molar-refractivity contribution in [2.75, 3.05) is 11.1 Å². The summed E-state index contributed by atoms with van der Waals surface area (Å²) in [5.74, 6) is 0.542. The van der Waals surface area contributed by atoms with Crippen molar-refractivity contribution in [1.82, 2.24) is 19.7 Å². The number of para-hydroxylation sites is 1. The molecule has 3 heterocycles. The molecule has 158 valence electrons. The molecule has 4 aromatic rings. The SMILES string of the molecule is O=C1Cc2cc(C(=O)CSc3nnc(-c4ccncc4)n3-c3ccccc3)c(Cl)cc2N1. The molecule has 0 saturated carbocycles. The van der Waals surface area contributed by atoms with E-state index in [4.69, 9.17) is 11.6 Å². The van der Waals surface area contributed by atoms with Crippen LogP contribution in [0.25, 0.3) is 17.1 Å². The summed E-state index contributed by atoms with van der Waals surface area (Å²) in [5.41, 5.74) is 3.59. The number of nitrogens with zero attached hydrogens (tertiary/aromatic N) is 4. The molecule has 0 radical (unpaired) electrons. The smallest absolute Gasteiger partial charge is 0.228 e. The molecule has 2 aromatic heterocycles. The van der Waals surface area contributed by atoms with Crippen LogP contribution in [0.1, 0.15) is 15.9 Å². The van der Waals surface area contributed by atoms with Gasteiger partial charge >= 0.3 is 0 Å². The van der Waals surface area contributed by atoms with Crippen LogP contribution >= 0.6 is 23.4 Å². The van der Waals surface area contributed by atoms with Gasteiger partial charge in [-0.05, 0) is 42.0 Å². The highest BCUT2D eigenvalue weighted by Crippen LogP contribution is 2.32. The molecule has 0 atom stereocenters. The number of rotatable bonds is 6. The summed E-state index contributed by atoms with van der Waals surface area (Å²) in [7, 11) is 0. The normalized spacial score (nSPS) is 12.5.